The van der Waals surface area contributed by atoms with E-state index in [1.807, 2.05) is 0 Å². The highest BCUT2D eigenvalue weighted by molar-refractivity contribution is 5.97. The Labute approximate surface area is 101 Å². The molecule has 0 aromatic carbocycles. The molecule has 1 aromatic heterocycles. The molecule has 1 heterocycles. The number of nitrogens with zero attached hydrogens (tertiary/aromatic N) is 2. The molecule has 2 rings (SSSR count). The van der Waals surface area contributed by atoms with Crippen LogP contribution in [0.3, 0.4) is 0 Å². The van der Waals surface area contributed by atoms with E-state index in [0.29, 0.717) is 11.4 Å². The van der Waals surface area contributed by atoms with Crippen LogP contribution in [0.1, 0.15) is 43.6 Å². The molecule has 5 heteroatoms. The van der Waals surface area contributed by atoms with E-state index in [1.54, 1.807) is 7.05 Å². The van der Waals surface area contributed by atoms with Gasteiger partial charge >= 0.3 is 0 Å². The van der Waals surface area contributed by atoms with E-state index in [9.17, 15) is 4.79 Å². The van der Waals surface area contributed by atoms with Crippen molar-refractivity contribution in [1.29, 1.82) is 0 Å². The monoisotopic (exact) mass is 236 g/mol. The Morgan fingerprint density at radius 1 is 1.65 bits per heavy atom. The lowest BCUT2D eigenvalue weighted by atomic mass is 9.87. The molecule has 0 aliphatic heterocycles. The molecule has 1 aromatic rings. The van der Waals surface area contributed by atoms with Gasteiger partial charge in [-0.05, 0) is 18.3 Å². The Hall–Kier alpha value is -1.52. The maximum absolute atomic E-state index is 12.1. The normalized spacial score (nSPS) is 22.6. The van der Waals surface area contributed by atoms with Gasteiger partial charge in [0.05, 0.1) is 11.9 Å². The Balaban J connectivity index is 2.13. The molecule has 0 radical (unpaired) electrons. The molecule has 3 N–H and O–H groups in total. The largest absolute Gasteiger partial charge is 0.396 e. The minimum absolute atomic E-state index is 0.123. The van der Waals surface area contributed by atoms with Gasteiger partial charge in [-0.25, -0.2) is 0 Å². The van der Waals surface area contributed by atoms with Crippen LogP contribution in [0.15, 0.2) is 6.20 Å². The first-order chi connectivity index (χ1) is 7.92. The first-order valence-electron chi connectivity index (χ1n) is 6.00. The second-order valence-electron chi connectivity index (χ2n) is 5.48. The molecule has 0 saturated heterocycles. The van der Waals surface area contributed by atoms with Crippen LogP contribution >= 0.6 is 0 Å². The van der Waals surface area contributed by atoms with Crippen molar-refractivity contribution in [1.82, 2.24) is 15.1 Å². The molecular weight excluding hydrogens is 216 g/mol. The number of amides is 1. The van der Waals surface area contributed by atoms with Gasteiger partial charge < -0.3 is 11.1 Å². The summed E-state index contributed by atoms with van der Waals surface area (Å²) in [7, 11) is 1.73. The molecule has 94 valence electrons. The summed E-state index contributed by atoms with van der Waals surface area (Å²) in [6.07, 6.45) is 4.86. The number of rotatable bonds is 2. The van der Waals surface area contributed by atoms with Crippen molar-refractivity contribution in [2.24, 2.45) is 12.5 Å². The summed E-state index contributed by atoms with van der Waals surface area (Å²) in [5, 5.41) is 7.05. The molecule has 0 spiro atoms. The Morgan fingerprint density at radius 2 is 2.35 bits per heavy atom. The fraction of sp³-hybridized carbons (Fsp3) is 0.667. The fourth-order valence-electron chi connectivity index (χ4n) is 2.55. The molecule has 1 unspecified atom stereocenters. The molecule has 17 heavy (non-hydrogen) atoms. The maximum Gasteiger partial charge on any atom is 0.271 e. The van der Waals surface area contributed by atoms with Gasteiger partial charge in [-0.1, -0.05) is 20.3 Å². The lowest BCUT2D eigenvalue weighted by Gasteiger charge is -2.27. The second kappa shape index (κ2) is 4.05. The van der Waals surface area contributed by atoms with Crippen LogP contribution in [-0.2, 0) is 7.05 Å². The van der Waals surface area contributed by atoms with E-state index in [-0.39, 0.29) is 17.4 Å². The number of aromatic nitrogens is 2. The smallest absolute Gasteiger partial charge is 0.271 e. The molecule has 0 bridgehead atoms. The minimum atomic E-state index is -0.123. The average molecular weight is 236 g/mol. The highest BCUT2D eigenvalue weighted by Crippen LogP contribution is 2.37. The van der Waals surface area contributed by atoms with Gasteiger partial charge in [0.25, 0.3) is 5.91 Å². The van der Waals surface area contributed by atoms with E-state index in [4.69, 9.17) is 5.73 Å². The number of anilines is 1. The van der Waals surface area contributed by atoms with Gasteiger partial charge in [-0.15, -0.1) is 0 Å². The summed E-state index contributed by atoms with van der Waals surface area (Å²) in [4.78, 5) is 12.1. The van der Waals surface area contributed by atoms with Crippen LogP contribution in [0, 0.1) is 5.41 Å². The molecule has 5 nitrogen and oxygen atoms in total. The highest BCUT2D eigenvalue weighted by atomic mass is 16.2. The van der Waals surface area contributed by atoms with Crippen molar-refractivity contribution >= 4 is 11.6 Å². The van der Waals surface area contributed by atoms with Crippen LogP contribution < -0.4 is 11.1 Å². The number of nitrogens with two attached hydrogens (primary N) is 1. The third-order valence-corrected chi connectivity index (χ3v) is 3.74. The first kappa shape index (κ1) is 12.0. The Bertz CT molecular complexity index is 416. The molecule has 1 saturated carbocycles. The zero-order valence-corrected chi connectivity index (χ0v) is 10.7. The fourth-order valence-corrected chi connectivity index (χ4v) is 2.55. The van der Waals surface area contributed by atoms with Crippen molar-refractivity contribution in [3.8, 4) is 0 Å². The molecule has 1 atom stereocenters. The van der Waals surface area contributed by atoms with E-state index in [2.05, 4.69) is 24.3 Å². The number of hydrogen-bond donors (Lipinski definition) is 2. The van der Waals surface area contributed by atoms with E-state index >= 15 is 0 Å². The zero-order chi connectivity index (χ0) is 12.6. The van der Waals surface area contributed by atoms with Gasteiger partial charge in [0, 0.05) is 13.1 Å². The van der Waals surface area contributed by atoms with Crippen LogP contribution in [-0.4, -0.2) is 21.7 Å². The van der Waals surface area contributed by atoms with Gasteiger partial charge in [0.15, 0.2) is 0 Å². The van der Waals surface area contributed by atoms with E-state index < -0.39 is 0 Å². The highest BCUT2D eigenvalue weighted by Gasteiger charge is 2.36. The SMILES string of the molecule is Cn1ncc(N)c1C(=O)NC1CCCC1(C)C. The van der Waals surface area contributed by atoms with Crippen LogP contribution in [0.5, 0.6) is 0 Å². The quantitative estimate of drug-likeness (QED) is 0.813. The van der Waals surface area contributed by atoms with Crippen molar-refractivity contribution in [3.63, 3.8) is 0 Å². The van der Waals surface area contributed by atoms with Gasteiger partial charge in [-0.3, -0.25) is 9.48 Å². The van der Waals surface area contributed by atoms with Crippen LogP contribution in [0.2, 0.25) is 0 Å². The Kier molecular flexibility index (Phi) is 2.85. The lowest BCUT2D eigenvalue weighted by molar-refractivity contribution is 0.0901. The molecule has 1 aliphatic rings. The molecule has 1 aliphatic carbocycles. The van der Waals surface area contributed by atoms with E-state index in [1.165, 1.54) is 17.3 Å². The lowest BCUT2D eigenvalue weighted by Crippen LogP contribution is -2.42. The van der Waals surface area contributed by atoms with Crippen molar-refractivity contribution < 1.29 is 4.79 Å². The summed E-state index contributed by atoms with van der Waals surface area (Å²) < 4.78 is 1.52. The zero-order valence-electron chi connectivity index (χ0n) is 10.7. The summed E-state index contributed by atoms with van der Waals surface area (Å²) >= 11 is 0. The van der Waals surface area contributed by atoms with Gasteiger partial charge in [0.1, 0.15) is 5.69 Å². The second-order valence-corrected chi connectivity index (χ2v) is 5.48. The molecule has 1 amide bonds. The summed E-state index contributed by atoms with van der Waals surface area (Å²) in [5.41, 5.74) is 6.79. The van der Waals surface area contributed by atoms with Gasteiger partial charge in [0.2, 0.25) is 0 Å². The number of nitrogens with one attached hydrogen (secondary N) is 1. The number of hydrogen-bond acceptors (Lipinski definition) is 3. The number of aryl methyl sites for hydroxylation is 1. The van der Waals surface area contributed by atoms with E-state index in [0.717, 1.165) is 12.8 Å². The topological polar surface area (TPSA) is 72.9 Å². The number of carbonyl (C=O) groups is 1. The number of carbonyl (C=O) groups excluding carboxylic acids is 1. The van der Waals surface area contributed by atoms with Crippen molar-refractivity contribution in [3.05, 3.63) is 11.9 Å². The third kappa shape index (κ3) is 2.14. The Morgan fingerprint density at radius 3 is 2.82 bits per heavy atom. The van der Waals surface area contributed by atoms with Crippen molar-refractivity contribution in [2.45, 2.75) is 39.2 Å². The number of nitrogen functional groups attached to an aromatic ring is 1. The summed E-state index contributed by atoms with van der Waals surface area (Å²) in [6, 6.07) is 0.226. The minimum Gasteiger partial charge on any atom is -0.396 e. The van der Waals surface area contributed by atoms with Crippen LogP contribution in [0.25, 0.3) is 0 Å². The average Bonchev–Trinajstić information content (AvgIpc) is 2.71. The predicted octanol–water partition coefficient (Wildman–Crippen LogP) is 1.31. The predicted molar refractivity (Wildman–Crippen MR) is 66.5 cm³/mol. The molecular formula is C12H20N4O. The van der Waals surface area contributed by atoms with Crippen molar-refractivity contribution in [2.75, 3.05) is 5.73 Å². The summed E-state index contributed by atoms with van der Waals surface area (Å²) in [6.45, 7) is 4.38. The van der Waals surface area contributed by atoms with Gasteiger partial charge in [-0.2, -0.15) is 5.10 Å². The first-order valence-corrected chi connectivity index (χ1v) is 6.00. The standard InChI is InChI=1S/C12H20N4O/c1-12(2)6-4-5-9(12)15-11(17)10-8(13)7-14-16(10)3/h7,9H,4-6,13H2,1-3H3,(H,15,17). The summed E-state index contributed by atoms with van der Waals surface area (Å²) in [5.74, 6) is -0.123. The van der Waals surface area contributed by atoms with Crippen LogP contribution in [0.4, 0.5) is 5.69 Å². The third-order valence-electron chi connectivity index (χ3n) is 3.74. The maximum atomic E-state index is 12.1. The molecule has 1 fully saturated rings.